The van der Waals surface area contributed by atoms with Crippen LogP contribution in [0.4, 0.5) is 5.82 Å². The van der Waals surface area contributed by atoms with Gasteiger partial charge in [0.1, 0.15) is 17.3 Å². The largest absolute Gasteiger partial charge is 0.383 e. The molecule has 19 heavy (non-hydrogen) atoms. The van der Waals surface area contributed by atoms with Crippen LogP contribution in [0.2, 0.25) is 5.02 Å². The molecule has 0 amide bonds. The zero-order valence-electron chi connectivity index (χ0n) is 11.2. The molecular formula is C14H17BrClN3. The first-order valence-electron chi connectivity index (χ1n) is 6.18. The first-order valence-corrected chi connectivity index (χ1v) is 7.35. The van der Waals surface area contributed by atoms with Gasteiger partial charge < -0.3 is 10.3 Å². The molecule has 5 heteroatoms. The molecule has 0 aliphatic heterocycles. The lowest BCUT2D eigenvalue weighted by atomic mass is 10.1. The van der Waals surface area contributed by atoms with Crippen molar-refractivity contribution in [2.75, 3.05) is 5.73 Å². The average molecular weight is 343 g/mol. The Hall–Kier alpha value is -1.00. The van der Waals surface area contributed by atoms with Crippen LogP contribution in [0.1, 0.15) is 19.7 Å². The molecule has 0 radical (unpaired) electrons. The molecule has 3 nitrogen and oxygen atoms in total. The van der Waals surface area contributed by atoms with E-state index in [0.29, 0.717) is 16.8 Å². The van der Waals surface area contributed by atoms with Crippen LogP contribution in [0.3, 0.4) is 0 Å². The maximum Gasteiger partial charge on any atom is 0.131 e. The van der Waals surface area contributed by atoms with Crippen LogP contribution in [0.15, 0.2) is 22.7 Å². The summed E-state index contributed by atoms with van der Waals surface area (Å²) in [6.07, 6.45) is 0. The summed E-state index contributed by atoms with van der Waals surface area (Å²) >= 11 is 9.67. The van der Waals surface area contributed by atoms with Crippen LogP contribution in [-0.4, -0.2) is 9.55 Å². The number of benzene rings is 1. The molecule has 0 saturated carbocycles. The second-order valence-electron chi connectivity index (χ2n) is 5.02. The number of nitrogen functional groups attached to an aromatic ring is 1. The van der Waals surface area contributed by atoms with Crippen LogP contribution in [-0.2, 0) is 6.54 Å². The van der Waals surface area contributed by atoms with E-state index in [4.69, 9.17) is 17.3 Å². The molecule has 0 saturated heterocycles. The van der Waals surface area contributed by atoms with E-state index in [2.05, 4.69) is 34.8 Å². The van der Waals surface area contributed by atoms with Crippen LogP contribution < -0.4 is 5.73 Å². The van der Waals surface area contributed by atoms with Crippen molar-refractivity contribution >= 4 is 33.3 Å². The predicted octanol–water partition coefficient (Wildman–Crippen LogP) is 4.51. The van der Waals surface area contributed by atoms with Crippen molar-refractivity contribution in [2.24, 2.45) is 5.92 Å². The number of nitrogens with zero attached hydrogens (tertiary/aromatic N) is 2. The maximum absolute atomic E-state index is 6.27. The topological polar surface area (TPSA) is 43.8 Å². The Labute approximate surface area is 126 Å². The van der Waals surface area contributed by atoms with Crippen molar-refractivity contribution in [1.82, 2.24) is 9.55 Å². The summed E-state index contributed by atoms with van der Waals surface area (Å²) in [7, 11) is 0. The van der Waals surface area contributed by atoms with Gasteiger partial charge in [-0.15, -0.1) is 0 Å². The number of imidazole rings is 1. The smallest absolute Gasteiger partial charge is 0.131 e. The molecule has 0 bridgehead atoms. The maximum atomic E-state index is 6.27. The number of halogens is 2. The van der Waals surface area contributed by atoms with Crippen molar-refractivity contribution in [2.45, 2.75) is 27.3 Å². The summed E-state index contributed by atoms with van der Waals surface area (Å²) < 4.78 is 2.98. The van der Waals surface area contributed by atoms with E-state index in [1.54, 1.807) is 0 Å². The molecule has 1 aromatic heterocycles. The Balaban J connectivity index is 2.51. The predicted molar refractivity (Wildman–Crippen MR) is 84.4 cm³/mol. The van der Waals surface area contributed by atoms with Gasteiger partial charge in [0.2, 0.25) is 0 Å². The summed E-state index contributed by atoms with van der Waals surface area (Å²) in [5.41, 5.74) is 7.85. The number of nitrogens with two attached hydrogens (primary N) is 1. The van der Waals surface area contributed by atoms with Gasteiger partial charge in [0.15, 0.2) is 0 Å². The quantitative estimate of drug-likeness (QED) is 0.891. The fraction of sp³-hybridized carbons (Fsp3) is 0.357. The van der Waals surface area contributed by atoms with Gasteiger partial charge in [-0.05, 0) is 25.0 Å². The fourth-order valence-electron chi connectivity index (χ4n) is 2.06. The van der Waals surface area contributed by atoms with Gasteiger partial charge in [0.05, 0.1) is 5.02 Å². The van der Waals surface area contributed by atoms with E-state index in [1.807, 2.05) is 29.7 Å². The number of rotatable bonds is 3. The number of hydrogen-bond acceptors (Lipinski definition) is 2. The zero-order valence-corrected chi connectivity index (χ0v) is 13.6. The highest BCUT2D eigenvalue weighted by atomic mass is 79.9. The van der Waals surface area contributed by atoms with Gasteiger partial charge in [-0.1, -0.05) is 47.4 Å². The SMILES string of the molecule is Cc1nc(-c2ccc(Br)cc2Cl)c(N)n1CC(C)C. The minimum Gasteiger partial charge on any atom is -0.383 e. The second kappa shape index (κ2) is 5.55. The van der Waals surface area contributed by atoms with Crippen molar-refractivity contribution < 1.29 is 0 Å². The minimum atomic E-state index is 0.517. The van der Waals surface area contributed by atoms with Crippen LogP contribution in [0.5, 0.6) is 0 Å². The van der Waals surface area contributed by atoms with Gasteiger partial charge in [-0.3, -0.25) is 0 Å². The minimum absolute atomic E-state index is 0.517. The van der Waals surface area contributed by atoms with Gasteiger partial charge in [-0.2, -0.15) is 0 Å². The summed E-state index contributed by atoms with van der Waals surface area (Å²) in [6.45, 7) is 7.14. The van der Waals surface area contributed by atoms with Crippen molar-refractivity contribution in [3.8, 4) is 11.3 Å². The Bertz CT molecular complexity index is 605. The van der Waals surface area contributed by atoms with Crippen LogP contribution in [0, 0.1) is 12.8 Å². The van der Waals surface area contributed by atoms with Crippen molar-refractivity contribution in [1.29, 1.82) is 0 Å². The van der Waals surface area contributed by atoms with Crippen LogP contribution in [0.25, 0.3) is 11.3 Å². The molecule has 0 aliphatic carbocycles. The van der Waals surface area contributed by atoms with E-state index in [-0.39, 0.29) is 0 Å². The number of hydrogen-bond donors (Lipinski definition) is 1. The monoisotopic (exact) mass is 341 g/mol. The molecule has 0 aliphatic rings. The van der Waals surface area contributed by atoms with E-state index in [9.17, 15) is 0 Å². The van der Waals surface area contributed by atoms with Gasteiger partial charge in [-0.25, -0.2) is 4.98 Å². The Morgan fingerprint density at radius 3 is 2.68 bits per heavy atom. The molecule has 2 rings (SSSR count). The summed E-state index contributed by atoms with van der Waals surface area (Å²) in [6, 6.07) is 5.73. The third kappa shape index (κ3) is 2.95. The number of aryl methyl sites for hydroxylation is 1. The van der Waals surface area contributed by atoms with Crippen molar-refractivity contribution in [3.63, 3.8) is 0 Å². The van der Waals surface area contributed by atoms with E-state index >= 15 is 0 Å². The number of anilines is 1. The third-order valence-corrected chi connectivity index (χ3v) is 3.74. The third-order valence-electron chi connectivity index (χ3n) is 2.93. The molecule has 102 valence electrons. The summed E-state index contributed by atoms with van der Waals surface area (Å²) in [4.78, 5) is 4.56. The molecule has 0 unspecified atom stereocenters. The molecule has 0 fully saturated rings. The van der Waals surface area contributed by atoms with Crippen LogP contribution >= 0.6 is 27.5 Å². The Morgan fingerprint density at radius 1 is 1.42 bits per heavy atom. The van der Waals surface area contributed by atoms with Gasteiger partial charge in [0.25, 0.3) is 0 Å². The standard InChI is InChI=1S/C14H17BrClN3/c1-8(2)7-19-9(3)18-13(14(19)17)11-5-4-10(15)6-12(11)16/h4-6,8H,7,17H2,1-3H3. The average Bonchev–Trinajstić information content (AvgIpc) is 2.57. The molecular weight excluding hydrogens is 326 g/mol. The fourth-order valence-corrected chi connectivity index (χ4v) is 2.82. The molecule has 0 atom stereocenters. The molecule has 2 N–H and O–H groups in total. The highest BCUT2D eigenvalue weighted by molar-refractivity contribution is 9.10. The van der Waals surface area contributed by atoms with E-state index in [1.165, 1.54) is 0 Å². The first kappa shape index (κ1) is 14.4. The van der Waals surface area contributed by atoms with E-state index < -0.39 is 0 Å². The molecule has 2 aromatic rings. The van der Waals surface area contributed by atoms with Gasteiger partial charge in [0, 0.05) is 16.6 Å². The molecule has 1 aromatic carbocycles. The Morgan fingerprint density at radius 2 is 2.11 bits per heavy atom. The lowest BCUT2D eigenvalue weighted by Gasteiger charge is -2.10. The molecule has 0 spiro atoms. The van der Waals surface area contributed by atoms with Crippen molar-refractivity contribution in [3.05, 3.63) is 33.5 Å². The summed E-state index contributed by atoms with van der Waals surface area (Å²) in [5.74, 6) is 2.11. The van der Waals surface area contributed by atoms with Gasteiger partial charge >= 0.3 is 0 Å². The second-order valence-corrected chi connectivity index (χ2v) is 6.34. The summed E-state index contributed by atoms with van der Waals surface area (Å²) in [5, 5.41) is 0.648. The first-order chi connectivity index (χ1) is 8.90. The van der Waals surface area contributed by atoms with E-state index in [0.717, 1.165) is 28.1 Å². The highest BCUT2D eigenvalue weighted by Gasteiger charge is 2.16. The zero-order chi connectivity index (χ0) is 14.2. The normalized spacial score (nSPS) is 11.3. The highest BCUT2D eigenvalue weighted by Crippen LogP contribution is 2.34. The Kier molecular flexibility index (Phi) is 4.21. The lowest BCUT2D eigenvalue weighted by molar-refractivity contribution is 0.518. The lowest BCUT2D eigenvalue weighted by Crippen LogP contribution is -2.09. The number of aromatic nitrogens is 2. The molecule has 1 heterocycles.